The SMILES string of the molecule is c1ccc(-c2nc(-c3ccc4c(c3)oc3ccccc34)nc(-c3cccc4c3sc3c(-c5ccc6c7c5c5ccccc5c5cccc(c57)n6-c5ccccc5)cccc34)n2)cc1. The lowest BCUT2D eigenvalue weighted by molar-refractivity contribution is 0.669. The van der Waals surface area contributed by atoms with E-state index in [-0.39, 0.29) is 0 Å². The molecule has 0 N–H and O–H groups in total. The van der Waals surface area contributed by atoms with Crippen molar-refractivity contribution in [2.75, 3.05) is 0 Å². The van der Waals surface area contributed by atoms with E-state index in [0.717, 1.165) is 49.0 Å². The first kappa shape index (κ1) is 34.5. The van der Waals surface area contributed by atoms with E-state index in [1.807, 2.05) is 47.7 Å². The predicted molar refractivity (Wildman–Crippen MR) is 262 cm³/mol. The Morgan fingerprint density at radius 3 is 1.76 bits per heavy atom. The van der Waals surface area contributed by atoms with Gasteiger partial charge in [0, 0.05) is 75.0 Å². The average molecular weight is 821 g/mol. The van der Waals surface area contributed by atoms with Gasteiger partial charge in [0.25, 0.3) is 0 Å². The molecular formula is C57H32N4OS. The summed E-state index contributed by atoms with van der Waals surface area (Å²) in [4.78, 5) is 15.5. The van der Waals surface area contributed by atoms with Crippen molar-refractivity contribution in [2.24, 2.45) is 0 Å². The van der Waals surface area contributed by atoms with Crippen LogP contribution in [0.3, 0.4) is 0 Å². The molecule has 4 heterocycles. The van der Waals surface area contributed by atoms with Crippen molar-refractivity contribution in [3.63, 3.8) is 0 Å². The lowest BCUT2D eigenvalue weighted by Gasteiger charge is -2.14. The summed E-state index contributed by atoms with van der Waals surface area (Å²) >= 11 is 1.82. The first-order chi connectivity index (χ1) is 31.2. The number of rotatable bonds is 5. The molecule has 14 rings (SSSR count). The molecule has 14 aromatic rings. The van der Waals surface area contributed by atoms with E-state index in [2.05, 4.69) is 162 Å². The maximum atomic E-state index is 6.32. The fourth-order valence-electron chi connectivity index (χ4n) is 10.1. The number of fused-ring (bicyclic) bond motifs is 9. The third kappa shape index (κ3) is 5.01. The minimum absolute atomic E-state index is 0.597. The molecule has 0 aliphatic carbocycles. The van der Waals surface area contributed by atoms with E-state index in [0.29, 0.717) is 17.5 Å². The van der Waals surface area contributed by atoms with Crippen molar-refractivity contribution in [3.05, 3.63) is 194 Å². The molecule has 0 saturated heterocycles. The molecule has 0 amide bonds. The van der Waals surface area contributed by atoms with Crippen LogP contribution in [0.15, 0.2) is 199 Å². The molecule has 0 bridgehead atoms. The molecular weight excluding hydrogens is 789 g/mol. The van der Waals surface area contributed by atoms with Crippen molar-refractivity contribution in [3.8, 4) is 51.0 Å². The fourth-order valence-corrected chi connectivity index (χ4v) is 11.4. The highest BCUT2D eigenvalue weighted by Gasteiger charge is 2.24. The number of hydrogen-bond acceptors (Lipinski definition) is 5. The predicted octanol–water partition coefficient (Wildman–Crippen LogP) is 15.6. The van der Waals surface area contributed by atoms with Crippen LogP contribution in [-0.4, -0.2) is 19.5 Å². The van der Waals surface area contributed by atoms with Crippen LogP contribution in [0.2, 0.25) is 0 Å². The molecule has 0 atom stereocenters. The van der Waals surface area contributed by atoms with Gasteiger partial charge in [0.15, 0.2) is 17.5 Å². The van der Waals surface area contributed by atoms with Crippen LogP contribution in [-0.2, 0) is 0 Å². The van der Waals surface area contributed by atoms with Crippen LogP contribution in [0.4, 0.5) is 0 Å². The number of para-hydroxylation sites is 2. The van der Waals surface area contributed by atoms with Gasteiger partial charge in [-0.15, -0.1) is 11.3 Å². The van der Waals surface area contributed by atoms with E-state index >= 15 is 0 Å². The van der Waals surface area contributed by atoms with Gasteiger partial charge in [-0.2, -0.15) is 0 Å². The lowest BCUT2D eigenvalue weighted by atomic mass is 9.89. The first-order valence-electron chi connectivity index (χ1n) is 21.2. The molecule has 63 heavy (non-hydrogen) atoms. The highest BCUT2D eigenvalue weighted by Crippen LogP contribution is 2.50. The van der Waals surface area contributed by atoms with Gasteiger partial charge in [0.1, 0.15) is 11.2 Å². The number of thiophene rings is 1. The van der Waals surface area contributed by atoms with Crippen molar-refractivity contribution < 1.29 is 4.42 Å². The molecule has 292 valence electrons. The fraction of sp³-hybridized carbons (Fsp3) is 0. The number of nitrogens with zero attached hydrogens (tertiary/aromatic N) is 4. The third-order valence-corrected chi connectivity index (χ3v) is 14.1. The smallest absolute Gasteiger partial charge is 0.165 e. The van der Waals surface area contributed by atoms with Crippen molar-refractivity contribution >= 4 is 96.8 Å². The normalized spacial score (nSPS) is 12.1. The van der Waals surface area contributed by atoms with Gasteiger partial charge in [0.05, 0.1) is 11.0 Å². The van der Waals surface area contributed by atoms with E-state index in [4.69, 9.17) is 19.4 Å². The summed E-state index contributed by atoms with van der Waals surface area (Å²) in [5, 5.41) is 12.2. The maximum absolute atomic E-state index is 6.32. The van der Waals surface area contributed by atoms with Crippen molar-refractivity contribution in [2.45, 2.75) is 0 Å². The van der Waals surface area contributed by atoms with E-state index < -0.39 is 0 Å². The van der Waals surface area contributed by atoms with E-state index in [9.17, 15) is 0 Å². The molecule has 10 aromatic carbocycles. The highest BCUT2D eigenvalue weighted by molar-refractivity contribution is 7.26. The summed E-state index contributed by atoms with van der Waals surface area (Å²) in [7, 11) is 0. The zero-order valence-electron chi connectivity index (χ0n) is 33.6. The second kappa shape index (κ2) is 13.2. The Labute approximate surface area is 364 Å². The summed E-state index contributed by atoms with van der Waals surface area (Å²) in [6.07, 6.45) is 0. The van der Waals surface area contributed by atoms with Gasteiger partial charge < -0.3 is 8.98 Å². The Kier molecular flexibility index (Phi) is 7.21. The number of benzene rings is 10. The highest BCUT2D eigenvalue weighted by atomic mass is 32.1. The average Bonchev–Trinajstić information content (AvgIpc) is 4.04. The Morgan fingerprint density at radius 2 is 0.937 bits per heavy atom. The van der Waals surface area contributed by atoms with E-state index in [1.165, 1.54) is 70.0 Å². The second-order valence-corrected chi connectivity index (χ2v) is 17.3. The largest absolute Gasteiger partial charge is 0.456 e. The molecule has 5 nitrogen and oxygen atoms in total. The van der Waals surface area contributed by atoms with Gasteiger partial charge in [-0.05, 0) is 70.3 Å². The summed E-state index contributed by atoms with van der Waals surface area (Å²) in [5.74, 6) is 1.85. The maximum Gasteiger partial charge on any atom is 0.165 e. The summed E-state index contributed by atoms with van der Waals surface area (Å²) in [6.45, 7) is 0. The Bertz CT molecular complexity index is 4150. The first-order valence-corrected chi connectivity index (χ1v) is 22.0. The Morgan fingerprint density at radius 1 is 0.349 bits per heavy atom. The summed E-state index contributed by atoms with van der Waals surface area (Å²) in [5.41, 5.74) is 10.5. The monoisotopic (exact) mass is 820 g/mol. The van der Waals surface area contributed by atoms with Gasteiger partial charge in [-0.25, -0.2) is 15.0 Å². The van der Waals surface area contributed by atoms with Crippen molar-refractivity contribution in [1.29, 1.82) is 0 Å². The van der Waals surface area contributed by atoms with Crippen LogP contribution in [0.1, 0.15) is 0 Å². The molecule has 0 fully saturated rings. The molecule has 0 radical (unpaired) electrons. The molecule has 0 aliphatic heterocycles. The Balaban J connectivity index is 1.01. The minimum atomic E-state index is 0.597. The second-order valence-electron chi connectivity index (χ2n) is 16.2. The van der Waals surface area contributed by atoms with Gasteiger partial charge >= 0.3 is 0 Å². The van der Waals surface area contributed by atoms with Gasteiger partial charge in [0.2, 0.25) is 0 Å². The molecule has 0 saturated carbocycles. The zero-order chi connectivity index (χ0) is 41.2. The Hall–Kier alpha value is -8.19. The topological polar surface area (TPSA) is 56.7 Å². The summed E-state index contributed by atoms with van der Waals surface area (Å²) < 4.78 is 11.1. The van der Waals surface area contributed by atoms with Crippen LogP contribution in [0.5, 0.6) is 0 Å². The van der Waals surface area contributed by atoms with Crippen LogP contribution < -0.4 is 0 Å². The van der Waals surface area contributed by atoms with Crippen LogP contribution in [0, 0.1) is 0 Å². The lowest BCUT2D eigenvalue weighted by Crippen LogP contribution is -2.00. The molecule has 0 spiro atoms. The minimum Gasteiger partial charge on any atom is -0.456 e. The van der Waals surface area contributed by atoms with Crippen molar-refractivity contribution in [1.82, 2.24) is 19.5 Å². The number of furan rings is 1. The quantitative estimate of drug-likeness (QED) is 0.162. The van der Waals surface area contributed by atoms with Crippen LogP contribution in [0.25, 0.3) is 136 Å². The van der Waals surface area contributed by atoms with Crippen LogP contribution >= 0.6 is 11.3 Å². The standard InChI is InChI=1S/C57H32N4OS/c1-3-14-33(15-4-1)55-58-56(34-28-29-38-37-19-9-10-27-48(37)62-49(38)32-34)60-57(59-55)45-25-12-24-44-43-23-11-22-42(53(43)63-54(44)45)41-30-31-47-52-50(41)39-20-8-7-18-36(39)40-21-13-26-46(51(40)52)61(47)35-16-5-2-6-17-35/h1-32H. The van der Waals surface area contributed by atoms with E-state index in [1.54, 1.807) is 0 Å². The molecule has 0 aliphatic rings. The third-order valence-electron chi connectivity index (χ3n) is 12.8. The van der Waals surface area contributed by atoms with Gasteiger partial charge in [-0.3, -0.25) is 0 Å². The summed E-state index contributed by atoms with van der Waals surface area (Å²) in [6, 6.07) is 69.0. The molecule has 6 heteroatoms. The molecule has 0 unspecified atom stereocenters. The number of hydrogen-bond donors (Lipinski definition) is 0. The zero-order valence-corrected chi connectivity index (χ0v) is 34.4. The molecule has 4 aromatic heterocycles. The van der Waals surface area contributed by atoms with Gasteiger partial charge in [-0.1, -0.05) is 146 Å². The number of aromatic nitrogens is 4.